The van der Waals surface area contributed by atoms with E-state index in [1.54, 1.807) is 18.2 Å². The summed E-state index contributed by atoms with van der Waals surface area (Å²) in [6.07, 6.45) is -1.12. The van der Waals surface area contributed by atoms with E-state index in [0.717, 1.165) is 0 Å². The fourth-order valence-corrected chi connectivity index (χ4v) is 3.69. The van der Waals surface area contributed by atoms with Crippen LogP contribution in [-0.2, 0) is 54.1 Å². The number of carbonyl (C=O) groups is 4. The van der Waals surface area contributed by atoms with Gasteiger partial charge in [0.1, 0.15) is 0 Å². The maximum Gasteiger partial charge on any atom is 2.00 e. The van der Waals surface area contributed by atoms with Crippen molar-refractivity contribution in [3.8, 4) is 0 Å². The third-order valence-electron chi connectivity index (χ3n) is 5.32. The zero-order valence-electron chi connectivity index (χ0n) is 19.4. The molecule has 1 aliphatic heterocycles. The molecule has 0 aromatic carbocycles. The second-order valence-electron chi connectivity index (χ2n) is 7.69. The number of fused-ring (bicyclic) bond motifs is 2. The van der Waals surface area contributed by atoms with Crippen LogP contribution < -0.4 is 44.9 Å². The molecule has 2 bridgehead atoms. The number of ether oxygens (including phenoxy) is 1. The average molecular weight is 542 g/mol. The van der Waals surface area contributed by atoms with Crippen LogP contribution in [0.3, 0.4) is 0 Å². The van der Waals surface area contributed by atoms with Gasteiger partial charge in [0, 0.05) is 38.6 Å². The maximum atomic E-state index is 11.7. The Morgan fingerprint density at radius 1 is 0.914 bits per heavy atom. The summed E-state index contributed by atoms with van der Waals surface area (Å²) in [5.41, 5.74) is 0.984. The average Bonchev–Trinajstić information content (AvgIpc) is 2.71. The van der Waals surface area contributed by atoms with Gasteiger partial charge in [0.2, 0.25) is 0 Å². The monoisotopic (exact) mass is 542 g/mol. The van der Waals surface area contributed by atoms with Crippen LogP contribution in [0, 0.1) is 0 Å². The van der Waals surface area contributed by atoms with Gasteiger partial charge in [-0.2, -0.15) is 0 Å². The molecule has 2 rings (SSSR count). The molecule has 0 saturated heterocycles. The molecule has 12 nitrogen and oxygen atoms in total. The molecule has 0 amide bonds. The minimum absolute atomic E-state index is 0. The van der Waals surface area contributed by atoms with Gasteiger partial charge in [0.25, 0.3) is 0 Å². The predicted octanol–water partition coefficient (Wildman–Crippen LogP) is -6.65. The first kappa shape index (κ1) is 33.4. The van der Waals surface area contributed by atoms with Crippen molar-refractivity contribution < 1.29 is 91.0 Å². The van der Waals surface area contributed by atoms with Crippen LogP contribution in [-0.4, -0.2) is 82.2 Å². The molecule has 1 aliphatic rings. The Balaban J connectivity index is 0.00000578. The van der Waals surface area contributed by atoms with E-state index in [2.05, 4.69) is 4.98 Å². The second-order valence-corrected chi connectivity index (χ2v) is 7.69. The van der Waals surface area contributed by atoms with E-state index >= 15 is 0 Å². The second kappa shape index (κ2) is 17.0. The van der Waals surface area contributed by atoms with Crippen LogP contribution in [0.15, 0.2) is 18.2 Å². The molecule has 0 spiro atoms. The van der Waals surface area contributed by atoms with Crippen molar-refractivity contribution in [1.82, 2.24) is 14.8 Å². The van der Waals surface area contributed by atoms with Gasteiger partial charge in [-0.1, -0.05) is 6.07 Å². The smallest absolute Gasteiger partial charge is 0.550 e. The SMILES string of the molecule is O=C([O-])CC[C@H](C(=O)[O-])N1CCOCCN([C@H](CCC(=O)O)C(=O)[O-])Cc2cccc(n2)C1.[Mn+2].[Na+]. The number of rotatable bonds is 10. The number of pyridine rings is 1. The Morgan fingerprint density at radius 3 is 1.77 bits per heavy atom. The number of carboxylic acid groups (broad SMARTS) is 4. The standard InChI is InChI=1S/C21H29N3O9.Mn.Na/c25-18(26)6-4-16(20(29)30)23-8-10-33-11-9-24(17(21(31)32)5-7-19(27)28)13-15-3-1-2-14(12-23)22-15;;/h1-3,16-17H,4-13H2,(H,25,26)(H,27,28)(H,29,30)(H,31,32);;/q;+2;+1/p-3/t16-,17-;;/m1../s1. The van der Waals surface area contributed by atoms with Gasteiger partial charge in [0.15, 0.2) is 0 Å². The topological polar surface area (TPSA) is 186 Å². The summed E-state index contributed by atoms with van der Waals surface area (Å²) in [6.45, 7) is 0.641. The number of carbonyl (C=O) groups excluding carboxylic acids is 3. The van der Waals surface area contributed by atoms with Gasteiger partial charge in [-0.05, 0) is 31.4 Å². The van der Waals surface area contributed by atoms with Crippen molar-refractivity contribution >= 4 is 23.9 Å². The van der Waals surface area contributed by atoms with Crippen LogP contribution in [0.2, 0.25) is 0 Å². The van der Waals surface area contributed by atoms with Gasteiger partial charge < -0.3 is 39.5 Å². The molecule has 187 valence electrons. The van der Waals surface area contributed by atoms with Gasteiger partial charge in [-0.15, -0.1) is 0 Å². The molecule has 1 radical (unpaired) electrons. The first-order chi connectivity index (χ1) is 15.7. The molecule has 0 fully saturated rings. The van der Waals surface area contributed by atoms with Crippen LogP contribution >= 0.6 is 0 Å². The zero-order chi connectivity index (χ0) is 24.4. The molecule has 1 N–H and O–H groups in total. The number of carboxylic acids is 4. The summed E-state index contributed by atoms with van der Waals surface area (Å²) in [7, 11) is 0. The summed E-state index contributed by atoms with van der Waals surface area (Å²) in [5, 5.41) is 43.1. The van der Waals surface area contributed by atoms with Crippen LogP contribution in [0.1, 0.15) is 37.1 Å². The van der Waals surface area contributed by atoms with Gasteiger partial charge in [-0.25, -0.2) is 0 Å². The quantitative estimate of drug-likeness (QED) is 0.276. The Hall–Kier alpha value is -1.57. The van der Waals surface area contributed by atoms with Crippen molar-refractivity contribution in [2.45, 2.75) is 50.9 Å². The molecule has 1 aromatic heterocycles. The largest absolute Gasteiger partial charge is 2.00 e. The Morgan fingerprint density at radius 2 is 1.37 bits per heavy atom. The molecule has 2 atom stereocenters. The van der Waals surface area contributed by atoms with Crippen molar-refractivity contribution in [3.63, 3.8) is 0 Å². The van der Waals surface area contributed by atoms with Gasteiger partial charge >= 0.3 is 52.6 Å². The molecule has 35 heavy (non-hydrogen) atoms. The van der Waals surface area contributed by atoms with Crippen molar-refractivity contribution in [1.29, 1.82) is 0 Å². The Labute approximate surface area is 235 Å². The number of hydrogen-bond donors (Lipinski definition) is 1. The number of hydrogen-bond acceptors (Lipinski definition) is 11. The summed E-state index contributed by atoms with van der Waals surface area (Å²) >= 11 is 0. The van der Waals surface area contributed by atoms with Crippen molar-refractivity contribution in [3.05, 3.63) is 29.6 Å². The molecule has 0 saturated carbocycles. The summed E-state index contributed by atoms with van der Waals surface area (Å²) in [4.78, 5) is 52.6. The van der Waals surface area contributed by atoms with Crippen LogP contribution in [0.25, 0.3) is 0 Å². The fourth-order valence-electron chi connectivity index (χ4n) is 3.69. The van der Waals surface area contributed by atoms with Gasteiger partial charge in [-0.3, -0.25) is 19.6 Å². The minimum atomic E-state index is -1.42. The molecular formula is C21H26MnN3NaO9. The third-order valence-corrected chi connectivity index (χ3v) is 5.32. The molecule has 0 aliphatic carbocycles. The number of aliphatic carboxylic acids is 4. The van der Waals surface area contributed by atoms with E-state index in [0.29, 0.717) is 11.4 Å². The fraction of sp³-hybridized carbons (Fsp3) is 0.571. The van der Waals surface area contributed by atoms with Crippen molar-refractivity contribution in [2.75, 3.05) is 26.3 Å². The van der Waals surface area contributed by atoms with Gasteiger partial charge in [0.05, 0.1) is 48.6 Å². The molecular weight excluding hydrogens is 516 g/mol. The normalized spacial score (nSPS) is 16.8. The minimum Gasteiger partial charge on any atom is -0.550 e. The number of nitrogens with zero attached hydrogens (tertiary/aromatic N) is 3. The first-order valence-electron chi connectivity index (χ1n) is 10.5. The van der Waals surface area contributed by atoms with Crippen LogP contribution in [0.4, 0.5) is 0 Å². The Bertz CT molecular complexity index is 798. The van der Waals surface area contributed by atoms with E-state index in [1.807, 2.05) is 0 Å². The summed E-state index contributed by atoms with van der Waals surface area (Å²) < 4.78 is 5.57. The van der Waals surface area contributed by atoms with Crippen LogP contribution in [0.5, 0.6) is 0 Å². The zero-order valence-corrected chi connectivity index (χ0v) is 22.6. The van der Waals surface area contributed by atoms with E-state index in [9.17, 15) is 34.5 Å². The van der Waals surface area contributed by atoms with E-state index < -0.39 is 42.4 Å². The summed E-state index contributed by atoms with van der Waals surface area (Å²) in [6, 6.07) is 2.69. The molecule has 1 aromatic rings. The molecule has 2 heterocycles. The summed E-state index contributed by atoms with van der Waals surface area (Å²) in [5.74, 6) is -5.29. The molecule has 0 unspecified atom stereocenters. The Kier molecular flexibility index (Phi) is 16.2. The maximum absolute atomic E-state index is 11.7. The van der Waals surface area contributed by atoms with Crippen molar-refractivity contribution in [2.24, 2.45) is 0 Å². The van der Waals surface area contributed by atoms with E-state index in [4.69, 9.17) is 9.84 Å². The first-order valence-corrected chi connectivity index (χ1v) is 10.5. The van der Waals surface area contributed by atoms with E-state index in [-0.39, 0.29) is 105 Å². The van der Waals surface area contributed by atoms with E-state index in [1.165, 1.54) is 9.80 Å². The molecule has 14 heteroatoms. The predicted molar refractivity (Wildman–Crippen MR) is 105 cm³/mol. The third kappa shape index (κ3) is 11.8. The number of aromatic nitrogens is 1.